The molecule has 0 heterocycles. The molecule has 0 unspecified atom stereocenters. The second-order valence-corrected chi connectivity index (χ2v) is 6.40. The van der Waals surface area contributed by atoms with Gasteiger partial charge in [0.25, 0.3) is 0 Å². The van der Waals surface area contributed by atoms with Gasteiger partial charge < -0.3 is 9.84 Å². The topological polar surface area (TPSA) is 46.5 Å². The van der Waals surface area contributed by atoms with Crippen LogP contribution in [0, 0.1) is 29.6 Å². The first kappa shape index (κ1) is 16.0. The van der Waals surface area contributed by atoms with Crippen LogP contribution >= 0.6 is 0 Å². The van der Waals surface area contributed by atoms with Crippen LogP contribution in [0.5, 0.6) is 0 Å². The molecule has 2 aliphatic carbocycles. The summed E-state index contributed by atoms with van der Waals surface area (Å²) < 4.78 is 4.57. The highest BCUT2D eigenvalue weighted by atomic mass is 16.5. The van der Waals surface area contributed by atoms with E-state index in [1.165, 1.54) is 13.2 Å². The van der Waals surface area contributed by atoms with Gasteiger partial charge in [0, 0.05) is 6.08 Å². The number of aliphatic hydroxyl groups is 1. The normalized spacial score (nSPS) is 39.6. The molecule has 116 valence electrons. The number of esters is 1. The summed E-state index contributed by atoms with van der Waals surface area (Å²) in [6.07, 6.45) is 13.7. The predicted molar refractivity (Wildman–Crippen MR) is 83.5 cm³/mol. The van der Waals surface area contributed by atoms with Gasteiger partial charge in [-0.25, -0.2) is 4.79 Å². The van der Waals surface area contributed by atoms with Crippen molar-refractivity contribution in [2.45, 2.75) is 32.8 Å². The maximum absolute atomic E-state index is 11.0. The van der Waals surface area contributed by atoms with Crippen molar-refractivity contribution in [3.8, 4) is 0 Å². The first-order valence-corrected chi connectivity index (χ1v) is 7.82. The molecule has 2 rings (SSSR count). The number of carbonyl (C=O) groups is 1. The quantitative estimate of drug-likeness (QED) is 0.376. The van der Waals surface area contributed by atoms with Gasteiger partial charge in [-0.3, -0.25) is 0 Å². The lowest BCUT2D eigenvalue weighted by atomic mass is 9.60. The van der Waals surface area contributed by atoms with Crippen LogP contribution in [0.2, 0.25) is 0 Å². The van der Waals surface area contributed by atoms with E-state index < -0.39 is 0 Å². The Morgan fingerprint density at radius 3 is 2.81 bits per heavy atom. The Morgan fingerprint density at radius 2 is 2.10 bits per heavy atom. The second kappa shape index (κ2) is 7.08. The molecular formula is C18H26O3. The molecule has 0 radical (unpaired) electrons. The molecule has 2 aliphatic rings. The highest BCUT2D eigenvalue weighted by molar-refractivity contribution is 5.82. The van der Waals surface area contributed by atoms with Crippen molar-refractivity contribution >= 4 is 5.97 Å². The van der Waals surface area contributed by atoms with E-state index in [1.807, 2.05) is 6.08 Å². The Labute approximate surface area is 127 Å². The molecule has 0 saturated heterocycles. The molecule has 1 N–H and O–H groups in total. The molecule has 0 aromatic heterocycles. The molecule has 21 heavy (non-hydrogen) atoms. The van der Waals surface area contributed by atoms with Gasteiger partial charge in [0.1, 0.15) is 0 Å². The van der Waals surface area contributed by atoms with Gasteiger partial charge in [0.05, 0.1) is 13.2 Å². The number of rotatable bonds is 3. The summed E-state index contributed by atoms with van der Waals surface area (Å²) in [6.45, 7) is 4.31. The summed E-state index contributed by atoms with van der Waals surface area (Å²) in [4.78, 5) is 11.0. The van der Waals surface area contributed by atoms with Crippen molar-refractivity contribution in [1.29, 1.82) is 0 Å². The molecule has 0 spiro atoms. The lowest BCUT2D eigenvalue weighted by molar-refractivity contribution is -0.134. The fraction of sp³-hybridized carbons (Fsp3) is 0.611. The molecule has 0 aromatic rings. The van der Waals surface area contributed by atoms with Gasteiger partial charge in [0.15, 0.2) is 0 Å². The molecule has 0 bridgehead atoms. The molecule has 3 nitrogen and oxygen atoms in total. The van der Waals surface area contributed by atoms with E-state index in [0.717, 1.165) is 12.8 Å². The second-order valence-electron chi connectivity index (χ2n) is 6.40. The standard InChI is InChI=1S/C18H26O3/c1-12-11-15-9-6-8-14(17(15)13(2)18(12)20)7-4-5-10-16(19)21-3/h4-7,9-10,12-15,17-18,20H,8,11H2,1-3H3/b7-4+,10-5+/t12-,13+,14+,15+,17-,18+/m1/s1. The maximum atomic E-state index is 11.0. The van der Waals surface area contributed by atoms with E-state index in [2.05, 4.69) is 36.8 Å². The largest absolute Gasteiger partial charge is 0.466 e. The van der Waals surface area contributed by atoms with Gasteiger partial charge >= 0.3 is 5.97 Å². The third-order valence-electron chi connectivity index (χ3n) is 5.06. The Hall–Kier alpha value is -1.35. The zero-order chi connectivity index (χ0) is 15.4. The van der Waals surface area contributed by atoms with E-state index in [0.29, 0.717) is 29.6 Å². The van der Waals surface area contributed by atoms with E-state index in [1.54, 1.807) is 6.08 Å². The van der Waals surface area contributed by atoms with Crippen LogP contribution in [0.15, 0.2) is 36.5 Å². The number of ether oxygens (including phenoxy) is 1. The van der Waals surface area contributed by atoms with Crippen LogP contribution in [0.25, 0.3) is 0 Å². The Balaban J connectivity index is 2.07. The Morgan fingerprint density at radius 1 is 1.33 bits per heavy atom. The predicted octanol–water partition coefficient (Wildman–Crippen LogP) is 3.12. The number of methoxy groups -OCH3 is 1. The first-order chi connectivity index (χ1) is 10.0. The summed E-state index contributed by atoms with van der Waals surface area (Å²) >= 11 is 0. The minimum Gasteiger partial charge on any atom is -0.466 e. The summed E-state index contributed by atoms with van der Waals surface area (Å²) in [5.41, 5.74) is 0. The van der Waals surface area contributed by atoms with Gasteiger partial charge in [-0.2, -0.15) is 0 Å². The lowest BCUT2D eigenvalue weighted by Crippen LogP contribution is -2.44. The zero-order valence-corrected chi connectivity index (χ0v) is 13.1. The monoisotopic (exact) mass is 290 g/mol. The third-order valence-corrected chi connectivity index (χ3v) is 5.06. The molecule has 3 heteroatoms. The number of fused-ring (bicyclic) bond motifs is 1. The molecule has 6 atom stereocenters. The van der Waals surface area contributed by atoms with E-state index in [4.69, 9.17) is 0 Å². The number of carbonyl (C=O) groups excluding carboxylic acids is 1. The van der Waals surface area contributed by atoms with Crippen LogP contribution in [-0.4, -0.2) is 24.3 Å². The van der Waals surface area contributed by atoms with Crippen LogP contribution in [-0.2, 0) is 9.53 Å². The number of hydrogen-bond donors (Lipinski definition) is 1. The van der Waals surface area contributed by atoms with Gasteiger partial charge in [-0.1, -0.05) is 44.2 Å². The van der Waals surface area contributed by atoms with Crippen LogP contribution in [0.1, 0.15) is 26.7 Å². The van der Waals surface area contributed by atoms with Gasteiger partial charge in [-0.05, 0) is 42.4 Å². The number of allylic oxidation sites excluding steroid dienone is 5. The molecule has 0 amide bonds. The summed E-state index contributed by atoms with van der Waals surface area (Å²) in [7, 11) is 1.37. The zero-order valence-electron chi connectivity index (χ0n) is 13.1. The smallest absolute Gasteiger partial charge is 0.330 e. The van der Waals surface area contributed by atoms with Crippen molar-refractivity contribution in [1.82, 2.24) is 0 Å². The summed E-state index contributed by atoms with van der Waals surface area (Å²) in [6, 6.07) is 0. The number of aliphatic hydroxyl groups excluding tert-OH is 1. The van der Waals surface area contributed by atoms with Crippen molar-refractivity contribution in [3.63, 3.8) is 0 Å². The molecule has 0 aromatic carbocycles. The Bertz CT molecular complexity index is 449. The number of hydrogen-bond acceptors (Lipinski definition) is 3. The van der Waals surface area contributed by atoms with Crippen molar-refractivity contribution in [2.24, 2.45) is 29.6 Å². The van der Waals surface area contributed by atoms with Crippen molar-refractivity contribution in [2.75, 3.05) is 7.11 Å². The lowest BCUT2D eigenvalue weighted by Gasteiger charge is -2.46. The fourth-order valence-electron chi connectivity index (χ4n) is 3.96. The van der Waals surface area contributed by atoms with Crippen LogP contribution in [0.3, 0.4) is 0 Å². The third kappa shape index (κ3) is 3.65. The van der Waals surface area contributed by atoms with Crippen molar-refractivity contribution < 1.29 is 14.6 Å². The summed E-state index contributed by atoms with van der Waals surface area (Å²) in [5.74, 6) is 1.82. The maximum Gasteiger partial charge on any atom is 0.330 e. The van der Waals surface area contributed by atoms with Crippen LogP contribution in [0.4, 0.5) is 0 Å². The highest BCUT2D eigenvalue weighted by Gasteiger charge is 2.42. The van der Waals surface area contributed by atoms with E-state index >= 15 is 0 Å². The van der Waals surface area contributed by atoms with Gasteiger partial charge in [0.2, 0.25) is 0 Å². The van der Waals surface area contributed by atoms with Gasteiger partial charge in [-0.15, -0.1) is 0 Å². The average Bonchev–Trinajstić information content (AvgIpc) is 2.48. The molecule has 0 aliphatic heterocycles. The molecule has 1 saturated carbocycles. The van der Waals surface area contributed by atoms with Crippen LogP contribution < -0.4 is 0 Å². The van der Waals surface area contributed by atoms with E-state index in [-0.39, 0.29) is 12.1 Å². The molecule has 1 fully saturated rings. The van der Waals surface area contributed by atoms with Crippen molar-refractivity contribution in [3.05, 3.63) is 36.5 Å². The minimum absolute atomic E-state index is 0.209. The fourth-order valence-corrected chi connectivity index (χ4v) is 3.96. The Kier molecular flexibility index (Phi) is 5.40. The molecular weight excluding hydrogens is 264 g/mol. The first-order valence-electron chi connectivity index (χ1n) is 7.82. The summed E-state index contributed by atoms with van der Waals surface area (Å²) in [5, 5.41) is 10.4. The van der Waals surface area contributed by atoms with E-state index in [9.17, 15) is 9.90 Å². The SMILES string of the molecule is COC(=O)/C=C/C=C/[C@H]1CC=C[C@H]2C[C@@H](C)[C@H](O)[C@@H](C)[C@@H]21. The minimum atomic E-state index is -0.337. The highest BCUT2D eigenvalue weighted by Crippen LogP contribution is 2.46. The average molecular weight is 290 g/mol.